The quantitative estimate of drug-likeness (QED) is 0.0808. The number of rotatable bonds is 13. The second-order valence-electron chi connectivity index (χ2n) is 16.0. The third kappa shape index (κ3) is 7.40. The Hall–Kier alpha value is -5.53. The maximum atomic E-state index is 13.7. The molecular formula is C43H49N6O7+. The lowest BCUT2D eigenvalue weighted by molar-refractivity contribution is -0.848. The number of aliphatic imine (C=N–C) groups is 1. The van der Waals surface area contributed by atoms with Crippen LogP contribution < -0.4 is 26.1 Å². The summed E-state index contributed by atoms with van der Waals surface area (Å²) in [5.74, 6) is 1.28. The molecule has 4 atom stereocenters. The van der Waals surface area contributed by atoms with E-state index < -0.39 is 23.3 Å². The number of carbonyl (C=O) groups is 1. The number of phenolic OH excluding ortho intramolecular Hbond substituents is 1. The fourth-order valence-corrected chi connectivity index (χ4v) is 7.91. The number of carbonyl (C=O) groups excluding carboxylic acids is 1. The van der Waals surface area contributed by atoms with Gasteiger partial charge >= 0.3 is 5.97 Å². The van der Waals surface area contributed by atoms with E-state index in [1.807, 2.05) is 44.3 Å². The molecule has 1 fully saturated rings. The minimum absolute atomic E-state index is 0.0700. The van der Waals surface area contributed by atoms with E-state index >= 15 is 0 Å². The molecule has 0 radical (unpaired) electrons. The summed E-state index contributed by atoms with van der Waals surface area (Å²) in [5.41, 5.74) is 10.5. The van der Waals surface area contributed by atoms with Gasteiger partial charge in [-0.3, -0.25) is 14.7 Å². The monoisotopic (exact) mass is 761 g/mol. The molecule has 13 nitrogen and oxygen atoms in total. The summed E-state index contributed by atoms with van der Waals surface area (Å²) in [5, 5.41) is 14.7. The molecule has 4 unspecified atom stereocenters. The highest BCUT2D eigenvalue weighted by atomic mass is 16.7. The molecular weight excluding hydrogens is 713 g/mol. The van der Waals surface area contributed by atoms with Gasteiger partial charge in [-0.25, -0.2) is 14.8 Å². The molecule has 4 aromatic rings. The van der Waals surface area contributed by atoms with E-state index in [4.69, 9.17) is 34.3 Å². The second-order valence-corrected chi connectivity index (χ2v) is 16.0. The fourth-order valence-electron chi connectivity index (χ4n) is 7.91. The van der Waals surface area contributed by atoms with Gasteiger partial charge in [-0.15, -0.1) is 0 Å². The number of nitrogen functional groups attached to an aromatic ring is 1. The first-order chi connectivity index (χ1) is 26.8. The van der Waals surface area contributed by atoms with Crippen molar-refractivity contribution in [3.8, 4) is 22.8 Å². The highest BCUT2D eigenvalue weighted by Crippen LogP contribution is 2.45. The molecule has 56 heavy (non-hydrogen) atoms. The summed E-state index contributed by atoms with van der Waals surface area (Å²) in [6.45, 7) is 11.6. The van der Waals surface area contributed by atoms with Crippen molar-refractivity contribution in [2.24, 2.45) is 4.99 Å². The minimum Gasteiger partial charge on any atom is -0.507 e. The first-order valence-electron chi connectivity index (χ1n) is 19.5. The average molecular weight is 762 g/mol. The molecule has 1 aromatic carbocycles. The third-order valence-electron chi connectivity index (χ3n) is 11.2. The molecule has 5 N–H and O–H groups in total. The Morgan fingerprint density at radius 1 is 1.12 bits per heavy atom. The van der Waals surface area contributed by atoms with Crippen LogP contribution in [0.2, 0.25) is 0 Å². The van der Waals surface area contributed by atoms with Crippen molar-refractivity contribution >= 4 is 34.3 Å². The van der Waals surface area contributed by atoms with Crippen LogP contribution in [0.5, 0.6) is 11.5 Å². The van der Waals surface area contributed by atoms with E-state index in [9.17, 15) is 14.7 Å². The Morgan fingerprint density at radius 3 is 2.77 bits per heavy atom. The van der Waals surface area contributed by atoms with Crippen LogP contribution in [-0.2, 0) is 33.7 Å². The zero-order chi connectivity index (χ0) is 39.4. The predicted octanol–water partition coefficient (Wildman–Crippen LogP) is 5.11. The van der Waals surface area contributed by atoms with Crippen LogP contribution in [0.25, 0.3) is 22.2 Å². The number of nitrogens with zero attached hydrogens (tertiary/aromatic N) is 3. The highest BCUT2D eigenvalue weighted by molar-refractivity contribution is 6.06. The summed E-state index contributed by atoms with van der Waals surface area (Å²) in [6, 6.07) is 11.0. The van der Waals surface area contributed by atoms with Gasteiger partial charge in [-0.2, -0.15) is 0 Å². The van der Waals surface area contributed by atoms with Crippen LogP contribution in [0.4, 0.5) is 11.6 Å². The van der Waals surface area contributed by atoms with Gasteiger partial charge in [-0.05, 0) is 82.9 Å². The number of aromatic hydroxyl groups is 1. The van der Waals surface area contributed by atoms with Gasteiger partial charge in [0.2, 0.25) is 0 Å². The molecule has 0 amide bonds. The Morgan fingerprint density at radius 2 is 1.96 bits per heavy atom. The van der Waals surface area contributed by atoms with Crippen molar-refractivity contribution in [2.45, 2.75) is 103 Å². The number of esters is 1. The number of ether oxygens (including phenoxy) is 3. The molecule has 0 saturated carbocycles. The SMILES string of the molecule is CCCCCNc1cc(-c2cc(CCC3OC3(C)C(=O)OC3Cc4c(cc5oc(C)cc(=O)c5c4O)OC3(C)C)cc(N)n2)cc(C[NH+]2C=C3C=CN=C3C2)n1. The zero-order valence-electron chi connectivity index (χ0n) is 32.5. The average Bonchev–Trinajstić information content (AvgIpc) is 3.38. The fraction of sp³-hybridized carbons (Fsp3) is 0.419. The van der Waals surface area contributed by atoms with Crippen LogP contribution in [0, 0.1) is 6.92 Å². The number of anilines is 2. The number of nitrogens with one attached hydrogen (secondary N) is 2. The topological polar surface area (TPSA) is 179 Å². The number of benzene rings is 1. The van der Waals surface area contributed by atoms with E-state index in [1.165, 1.54) is 16.5 Å². The predicted molar refractivity (Wildman–Crippen MR) is 213 cm³/mol. The normalized spacial score (nSPS) is 22.9. The Kier molecular flexibility index (Phi) is 9.70. The molecule has 4 aliphatic rings. The van der Waals surface area contributed by atoms with Crippen LogP contribution in [0.1, 0.15) is 76.0 Å². The van der Waals surface area contributed by atoms with Gasteiger partial charge in [0.25, 0.3) is 0 Å². The lowest BCUT2D eigenvalue weighted by atomic mass is 9.89. The van der Waals surface area contributed by atoms with E-state index in [0.717, 1.165) is 66.4 Å². The summed E-state index contributed by atoms with van der Waals surface area (Å²) in [7, 11) is 0. The molecule has 13 heteroatoms. The van der Waals surface area contributed by atoms with Crippen molar-refractivity contribution in [3.05, 3.63) is 93.3 Å². The number of aryl methyl sites for hydroxylation is 2. The summed E-state index contributed by atoms with van der Waals surface area (Å²) in [4.78, 5) is 41.8. The number of pyridine rings is 2. The first kappa shape index (κ1) is 37.4. The maximum Gasteiger partial charge on any atom is 0.341 e. The standard InChI is InChI=1S/C43H48N6O7/c1-6-7-8-12-46-38-18-27(17-28(47-38)22-49-21-26-11-13-45-31(26)23-49)30-15-25(16-37(44)48-30)9-10-35-43(5,56-35)41(52)54-36-19-29-33(55-42(36,3)4)20-34-39(40(29)51)32(50)14-24(2)53-34/h11,13-18,20-21,35-36,51H,6-10,12,19,22-23H2,1-5H3,(H2,44,48)(H,46,47)/p+1. The highest BCUT2D eigenvalue weighted by Gasteiger charge is 2.60. The van der Waals surface area contributed by atoms with E-state index in [-0.39, 0.29) is 34.7 Å². The van der Waals surface area contributed by atoms with E-state index in [1.54, 1.807) is 19.9 Å². The number of fused-ring (bicyclic) bond motifs is 3. The molecule has 3 aromatic heterocycles. The van der Waals surface area contributed by atoms with E-state index in [2.05, 4.69) is 29.5 Å². The smallest absolute Gasteiger partial charge is 0.341 e. The number of hydrogen-bond acceptors (Lipinski definition) is 12. The summed E-state index contributed by atoms with van der Waals surface area (Å²) >= 11 is 0. The number of nitrogens with two attached hydrogens (primary N) is 1. The van der Waals surface area contributed by atoms with Crippen LogP contribution in [0.3, 0.4) is 0 Å². The largest absolute Gasteiger partial charge is 0.507 e. The third-order valence-corrected chi connectivity index (χ3v) is 11.2. The van der Waals surface area contributed by atoms with Gasteiger partial charge < -0.3 is 34.8 Å². The maximum absolute atomic E-state index is 13.7. The molecule has 1 saturated heterocycles. The van der Waals surface area contributed by atoms with Gasteiger partial charge in [0.15, 0.2) is 11.0 Å². The van der Waals surface area contributed by atoms with Gasteiger partial charge in [-0.1, -0.05) is 19.8 Å². The van der Waals surface area contributed by atoms with Crippen molar-refractivity contribution in [1.29, 1.82) is 0 Å². The molecule has 0 bridgehead atoms. The van der Waals surface area contributed by atoms with Crippen LogP contribution in [-0.4, -0.2) is 63.3 Å². The Bertz CT molecular complexity index is 2380. The van der Waals surface area contributed by atoms with Crippen molar-refractivity contribution in [3.63, 3.8) is 0 Å². The lowest BCUT2D eigenvalue weighted by Crippen LogP contribution is -3.05. The Labute approximate surface area is 325 Å². The van der Waals surface area contributed by atoms with Crippen LogP contribution >= 0.6 is 0 Å². The lowest BCUT2D eigenvalue weighted by Gasteiger charge is -2.39. The molecule has 0 aliphatic carbocycles. The number of allylic oxidation sites excluding steroid dienone is 1. The number of quaternary nitrogens is 1. The number of aromatic nitrogens is 2. The number of phenols is 1. The molecule has 0 spiro atoms. The molecule has 4 aliphatic heterocycles. The molecule has 8 rings (SSSR count). The van der Waals surface area contributed by atoms with Crippen molar-refractivity contribution in [1.82, 2.24) is 9.97 Å². The molecule has 292 valence electrons. The van der Waals surface area contributed by atoms with Crippen molar-refractivity contribution < 1.29 is 33.4 Å². The number of epoxide rings is 1. The summed E-state index contributed by atoms with van der Waals surface area (Å²) < 4.78 is 24.0. The van der Waals surface area contributed by atoms with Gasteiger partial charge in [0.1, 0.15) is 76.6 Å². The zero-order valence-corrected chi connectivity index (χ0v) is 32.5. The van der Waals surface area contributed by atoms with Crippen molar-refractivity contribution in [2.75, 3.05) is 24.1 Å². The van der Waals surface area contributed by atoms with Gasteiger partial charge in [0.05, 0.1) is 23.1 Å². The number of unbranched alkanes of at least 4 members (excludes halogenated alkanes) is 2. The van der Waals surface area contributed by atoms with Crippen LogP contribution in [0.15, 0.2) is 74.7 Å². The van der Waals surface area contributed by atoms with Gasteiger partial charge in [0, 0.05) is 42.4 Å². The summed E-state index contributed by atoms with van der Waals surface area (Å²) in [6.07, 6.45) is 9.64. The second kappa shape index (κ2) is 14.5. The van der Waals surface area contributed by atoms with E-state index in [0.29, 0.717) is 42.3 Å². The Balaban J connectivity index is 0.948. The molecule has 7 heterocycles. The number of hydrogen-bond donors (Lipinski definition) is 4. The minimum atomic E-state index is -1.15. The first-order valence-corrected chi connectivity index (χ1v) is 19.5.